The van der Waals surface area contributed by atoms with Gasteiger partial charge in [-0.15, -0.1) is 0 Å². The third-order valence-electron chi connectivity index (χ3n) is 4.74. The number of amides is 3. The monoisotopic (exact) mass is 382 g/mol. The maximum absolute atomic E-state index is 13.1. The largest absolute Gasteiger partial charge is 0.327 e. The average molecular weight is 382 g/mol. The highest BCUT2D eigenvalue weighted by atomic mass is 32.2. The minimum atomic E-state index is -0.575. The van der Waals surface area contributed by atoms with Gasteiger partial charge in [0.2, 0.25) is 5.91 Å². The van der Waals surface area contributed by atoms with Gasteiger partial charge in [-0.05, 0) is 38.0 Å². The molecular weight excluding hydrogens is 364 g/mol. The number of benzene rings is 1. The fraction of sp³-hybridized carbons (Fsp3) is 0.316. The van der Waals surface area contributed by atoms with Gasteiger partial charge in [0.15, 0.2) is 5.16 Å². The molecule has 0 bridgehead atoms. The quantitative estimate of drug-likeness (QED) is 0.597. The molecule has 1 aromatic carbocycles. The third kappa shape index (κ3) is 3.21. The minimum absolute atomic E-state index is 0.0183. The molecule has 3 heterocycles. The van der Waals surface area contributed by atoms with Gasteiger partial charge in [0, 0.05) is 18.4 Å². The number of fused-ring (bicyclic) bond motifs is 2. The number of carbonyl (C=O) groups is 3. The lowest BCUT2D eigenvalue weighted by Crippen LogP contribution is -2.47. The van der Waals surface area contributed by atoms with Crippen molar-refractivity contribution < 1.29 is 14.4 Å². The van der Waals surface area contributed by atoms with E-state index >= 15 is 0 Å². The number of rotatable bonds is 3. The number of hydrogen-bond donors (Lipinski definition) is 0. The van der Waals surface area contributed by atoms with E-state index in [1.165, 1.54) is 16.7 Å². The van der Waals surface area contributed by atoms with E-state index in [1.807, 2.05) is 6.92 Å². The first kappa shape index (κ1) is 17.7. The number of carbonyl (C=O) groups excluding carboxylic acids is 3. The van der Waals surface area contributed by atoms with E-state index in [0.29, 0.717) is 29.4 Å². The Morgan fingerprint density at radius 2 is 2.07 bits per heavy atom. The van der Waals surface area contributed by atoms with Crippen LogP contribution in [0.15, 0.2) is 41.7 Å². The molecule has 1 saturated heterocycles. The fourth-order valence-electron chi connectivity index (χ4n) is 3.48. The molecule has 2 aromatic rings. The van der Waals surface area contributed by atoms with Crippen LogP contribution in [0.25, 0.3) is 0 Å². The molecule has 1 atom stereocenters. The second-order valence-electron chi connectivity index (χ2n) is 6.51. The van der Waals surface area contributed by atoms with Crippen molar-refractivity contribution in [1.29, 1.82) is 0 Å². The van der Waals surface area contributed by atoms with Crippen LogP contribution in [0.4, 0.5) is 5.69 Å². The normalized spacial score (nSPS) is 18.9. The summed E-state index contributed by atoms with van der Waals surface area (Å²) in [6.07, 6.45) is 2.98. The van der Waals surface area contributed by atoms with E-state index in [9.17, 15) is 14.4 Å². The molecule has 0 aliphatic carbocycles. The van der Waals surface area contributed by atoms with Crippen LogP contribution in [0.2, 0.25) is 0 Å². The number of hydrogen-bond acceptors (Lipinski definition) is 6. The lowest BCUT2D eigenvalue weighted by Gasteiger charge is -2.24. The van der Waals surface area contributed by atoms with Crippen LogP contribution in [0.3, 0.4) is 0 Å². The summed E-state index contributed by atoms with van der Waals surface area (Å²) in [6, 6.07) is 8.00. The number of nitrogens with zero attached hydrogens (tertiary/aromatic N) is 4. The number of anilines is 1. The van der Waals surface area contributed by atoms with Crippen molar-refractivity contribution in [1.82, 2.24) is 14.9 Å². The summed E-state index contributed by atoms with van der Waals surface area (Å²) in [6.45, 7) is 2.39. The molecule has 3 amide bonds. The topological polar surface area (TPSA) is 83.5 Å². The van der Waals surface area contributed by atoms with Crippen molar-refractivity contribution in [3.8, 4) is 0 Å². The molecule has 4 rings (SSSR count). The van der Waals surface area contributed by atoms with Crippen LogP contribution in [0.1, 0.15) is 28.9 Å². The van der Waals surface area contributed by atoms with Gasteiger partial charge in [0.25, 0.3) is 11.8 Å². The van der Waals surface area contributed by atoms with E-state index in [0.717, 1.165) is 12.1 Å². The molecule has 0 radical (unpaired) electrons. The van der Waals surface area contributed by atoms with E-state index in [2.05, 4.69) is 9.97 Å². The van der Waals surface area contributed by atoms with Crippen LogP contribution in [0.5, 0.6) is 0 Å². The summed E-state index contributed by atoms with van der Waals surface area (Å²) in [5.74, 6) is -0.873. The zero-order chi connectivity index (χ0) is 19.0. The Bertz CT molecular complexity index is 933. The number of aromatic nitrogens is 2. The van der Waals surface area contributed by atoms with Crippen LogP contribution >= 0.6 is 11.8 Å². The molecule has 2 aliphatic heterocycles. The maximum atomic E-state index is 13.1. The lowest BCUT2D eigenvalue weighted by molar-refractivity contribution is -0.127. The molecule has 0 saturated carbocycles. The molecule has 1 aromatic heterocycles. The summed E-state index contributed by atoms with van der Waals surface area (Å²) >= 11 is 1.18. The second kappa shape index (κ2) is 7.11. The standard InChI is InChI=1S/C19H18N4O3S/c1-12-8-9-20-19(21-12)27-11-16(24)23-14-6-3-2-5-13(14)17(25)22-10-4-7-15(22)18(23)26/h2-3,5-6,8-9,15H,4,7,10-11H2,1H3/t15-/m1/s1. The van der Waals surface area contributed by atoms with Gasteiger partial charge >= 0.3 is 0 Å². The molecule has 0 spiro atoms. The first-order valence-corrected chi connectivity index (χ1v) is 9.74. The molecule has 1 fully saturated rings. The second-order valence-corrected chi connectivity index (χ2v) is 7.45. The Hall–Kier alpha value is -2.74. The van der Waals surface area contributed by atoms with Crippen molar-refractivity contribution in [3.63, 3.8) is 0 Å². The highest BCUT2D eigenvalue weighted by Crippen LogP contribution is 2.33. The summed E-state index contributed by atoms with van der Waals surface area (Å²) in [7, 11) is 0. The predicted molar refractivity (Wildman–Crippen MR) is 100 cm³/mol. The molecule has 8 heteroatoms. The minimum Gasteiger partial charge on any atom is -0.327 e. The van der Waals surface area contributed by atoms with Gasteiger partial charge in [-0.1, -0.05) is 23.9 Å². The number of aryl methyl sites for hydroxylation is 1. The zero-order valence-electron chi connectivity index (χ0n) is 14.8. The molecule has 27 heavy (non-hydrogen) atoms. The van der Waals surface area contributed by atoms with Gasteiger partial charge in [-0.2, -0.15) is 0 Å². The Kier molecular flexibility index (Phi) is 4.65. The van der Waals surface area contributed by atoms with Crippen LogP contribution < -0.4 is 4.90 Å². The highest BCUT2D eigenvalue weighted by molar-refractivity contribution is 7.99. The fourth-order valence-corrected chi connectivity index (χ4v) is 4.21. The van der Waals surface area contributed by atoms with E-state index in [-0.39, 0.29) is 23.5 Å². The van der Waals surface area contributed by atoms with E-state index < -0.39 is 6.04 Å². The molecule has 0 N–H and O–H groups in total. The van der Waals surface area contributed by atoms with Crippen molar-refractivity contribution in [2.45, 2.75) is 31.0 Å². The first-order valence-electron chi connectivity index (χ1n) is 8.75. The molecule has 0 unspecified atom stereocenters. The Labute approximate surface area is 160 Å². The van der Waals surface area contributed by atoms with Gasteiger partial charge in [0.1, 0.15) is 6.04 Å². The summed E-state index contributed by atoms with van der Waals surface area (Å²) < 4.78 is 0. The van der Waals surface area contributed by atoms with Crippen LogP contribution in [0, 0.1) is 6.92 Å². The van der Waals surface area contributed by atoms with Crippen molar-refractivity contribution >= 4 is 35.2 Å². The molecular formula is C19H18N4O3S. The zero-order valence-corrected chi connectivity index (χ0v) is 15.6. The summed E-state index contributed by atoms with van der Waals surface area (Å²) in [5.41, 5.74) is 1.56. The smallest absolute Gasteiger partial charge is 0.256 e. The SMILES string of the molecule is Cc1ccnc(SCC(=O)N2C(=O)[C@H]3CCCN3C(=O)c3ccccc32)n1. The van der Waals surface area contributed by atoms with Gasteiger partial charge in [-0.3, -0.25) is 14.4 Å². The van der Waals surface area contributed by atoms with Crippen molar-refractivity contribution in [3.05, 3.63) is 47.8 Å². The Morgan fingerprint density at radius 3 is 2.89 bits per heavy atom. The summed E-state index contributed by atoms with van der Waals surface area (Å²) in [4.78, 5) is 50.1. The molecule has 2 aliphatic rings. The van der Waals surface area contributed by atoms with Crippen molar-refractivity contribution in [2.75, 3.05) is 17.2 Å². The third-order valence-corrected chi connectivity index (χ3v) is 5.59. The lowest BCUT2D eigenvalue weighted by atomic mass is 10.1. The van der Waals surface area contributed by atoms with Crippen LogP contribution in [-0.2, 0) is 9.59 Å². The van der Waals surface area contributed by atoms with E-state index in [1.54, 1.807) is 41.4 Å². The number of imide groups is 1. The predicted octanol–water partition coefficient (Wildman–Crippen LogP) is 2.06. The highest BCUT2D eigenvalue weighted by Gasteiger charge is 2.43. The first-order chi connectivity index (χ1) is 13.1. The Balaban J connectivity index is 1.65. The van der Waals surface area contributed by atoms with Gasteiger partial charge in [0.05, 0.1) is 17.0 Å². The summed E-state index contributed by atoms with van der Waals surface area (Å²) in [5, 5.41) is 0.484. The molecule has 7 nitrogen and oxygen atoms in total. The van der Waals surface area contributed by atoms with Gasteiger partial charge in [-0.25, -0.2) is 14.9 Å². The van der Waals surface area contributed by atoms with Crippen molar-refractivity contribution in [2.24, 2.45) is 0 Å². The van der Waals surface area contributed by atoms with Gasteiger partial charge < -0.3 is 4.90 Å². The van der Waals surface area contributed by atoms with Crippen LogP contribution in [-0.4, -0.2) is 50.9 Å². The average Bonchev–Trinajstić information content (AvgIpc) is 3.13. The number of thioether (sulfide) groups is 1. The van der Waals surface area contributed by atoms with E-state index in [4.69, 9.17) is 0 Å². The molecule has 138 valence electrons. The number of para-hydroxylation sites is 1. The maximum Gasteiger partial charge on any atom is 0.256 e. The Morgan fingerprint density at radius 1 is 1.26 bits per heavy atom.